The molecule has 2 N–H and O–H groups in total. The van der Waals surface area contributed by atoms with Gasteiger partial charge in [-0.15, -0.1) is 12.6 Å². The van der Waals surface area contributed by atoms with Crippen LogP contribution in [0.5, 0.6) is 0 Å². The molecule has 92 valence electrons. The smallest absolute Gasteiger partial charge is 0.315 e. The van der Waals surface area contributed by atoms with Gasteiger partial charge in [0.25, 0.3) is 0 Å². The molecule has 1 aromatic carbocycles. The number of hydrogen-bond acceptors (Lipinski definition) is 5. The predicted octanol–water partition coefficient (Wildman–Crippen LogP) is 2.01. The van der Waals surface area contributed by atoms with E-state index in [9.17, 15) is 9.59 Å². The van der Waals surface area contributed by atoms with E-state index in [0.717, 1.165) is 0 Å². The second-order valence-electron chi connectivity index (χ2n) is 3.28. The number of amides is 2. The molecule has 0 fully saturated rings. The summed E-state index contributed by atoms with van der Waals surface area (Å²) in [6.45, 7) is 0. The van der Waals surface area contributed by atoms with Crippen LogP contribution in [0.4, 0.5) is 10.8 Å². The highest BCUT2D eigenvalue weighted by molar-refractivity contribution is 7.83. The van der Waals surface area contributed by atoms with Crippen molar-refractivity contribution in [2.45, 2.75) is 4.21 Å². The lowest BCUT2D eigenvalue weighted by Gasteiger charge is -2.03. The van der Waals surface area contributed by atoms with Crippen LogP contribution in [0.2, 0.25) is 0 Å². The first kappa shape index (κ1) is 12.6. The molecular weight excluding hydrogens is 270 g/mol. The molecule has 0 atom stereocenters. The molecule has 7 heteroatoms. The van der Waals surface area contributed by atoms with E-state index in [2.05, 4.69) is 28.2 Å². The highest BCUT2D eigenvalue weighted by atomic mass is 32.2. The number of thiol groups is 1. The Morgan fingerprint density at radius 1 is 1.11 bits per heavy atom. The summed E-state index contributed by atoms with van der Waals surface area (Å²) < 4.78 is 0.661. The van der Waals surface area contributed by atoms with E-state index >= 15 is 0 Å². The van der Waals surface area contributed by atoms with Crippen molar-refractivity contribution in [2.75, 3.05) is 10.6 Å². The fourth-order valence-corrected chi connectivity index (χ4v) is 2.06. The number of hydrogen-bond donors (Lipinski definition) is 3. The first-order valence-electron chi connectivity index (χ1n) is 4.97. The molecule has 2 aromatic rings. The largest absolute Gasteiger partial charge is 0.318 e. The van der Waals surface area contributed by atoms with Gasteiger partial charge in [-0.25, -0.2) is 4.98 Å². The fraction of sp³-hybridized carbons (Fsp3) is 0. The number of rotatable bonds is 2. The minimum absolute atomic E-state index is 0.341. The predicted molar refractivity (Wildman–Crippen MR) is 73.1 cm³/mol. The van der Waals surface area contributed by atoms with Crippen LogP contribution in [0.3, 0.4) is 0 Å². The van der Waals surface area contributed by atoms with Gasteiger partial charge < -0.3 is 5.32 Å². The standard InChI is InChI=1S/C11H9N3O2S2/c15-9(13-7-4-2-1-3-5-7)10(16)14-11-12-6-8(17)18-11/h1-6,17H,(H,13,15)(H,12,14,16). The molecule has 0 aliphatic rings. The van der Waals surface area contributed by atoms with Crippen LogP contribution < -0.4 is 10.6 Å². The Morgan fingerprint density at radius 3 is 2.39 bits per heavy atom. The summed E-state index contributed by atoms with van der Waals surface area (Å²) in [4.78, 5) is 27.0. The zero-order chi connectivity index (χ0) is 13.0. The Kier molecular flexibility index (Phi) is 3.96. The maximum atomic E-state index is 11.6. The molecule has 0 spiro atoms. The second-order valence-corrected chi connectivity index (χ2v) is 5.09. The number of nitrogens with one attached hydrogen (secondary N) is 2. The van der Waals surface area contributed by atoms with E-state index in [4.69, 9.17) is 0 Å². The summed E-state index contributed by atoms with van der Waals surface area (Å²) in [6.07, 6.45) is 1.50. The lowest BCUT2D eigenvalue weighted by atomic mass is 10.3. The summed E-state index contributed by atoms with van der Waals surface area (Å²) in [6, 6.07) is 8.74. The molecule has 0 saturated carbocycles. The van der Waals surface area contributed by atoms with Gasteiger partial charge in [-0.1, -0.05) is 29.5 Å². The van der Waals surface area contributed by atoms with Crippen LogP contribution in [-0.2, 0) is 9.59 Å². The van der Waals surface area contributed by atoms with Crippen LogP contribution in [-0.4, -0.2) is 16.8 Å². The molecule has 1 heterocycles. The number of para-hydroxylation sites is 1. The Labute approximate surface area is 113 Å². The number of anilines is 2. The molecular formula is C11H9N3O2S2. The third-order valence-corrected chi connectivity index (χ3v) is 3.06. The van der Waals surface area contributed by atoms with Crippen molar-refractivity contribution in [3.8, 4) is 0 Å². The van der Waals surface area contributed by atoms with Crippen LogP contribution in [0.25, 0.3) is 0 Å². The average molecular weight is 279 g/mol. The summed E-state index contributed by atoms with van der Waals surface area (Å²) in [7, 11) is 0. The van der Waals surface area contributed by atoms with E-state index in [1.165, 1.54) is 17.5 Å². The van der Waals surface area contributed by atoms with Crippen LogP contribution in [0.1, 0.15) is 0 Å². The van der Waals surface area contributed by atoms with Crippen molar-refractivity contribution < 1.29 is 9.59 Å². The lowest BCUT2D eigenvalue weighted by molar-refractivity contribution is -0.132. The number of aromatic nitrogens is 1. The van der Waals surface area contributed by atoms with Crippen LogP contribution in [0, 0.1) is 0 Å². The second kappa shape index (κ2) is 5.65. The van der Waals surface area contributed by atoms with Crippen molar-refractivity contribution in [3.05, 3.63) is 36.5 Å². The first-order chi connectivity index (χ1) is 8.65. The molecule has 0 saturated heterocycles. The van der Waals surface area contributed by atoms with Crippen molar-refractivity contribution in [1.82, 2.24) is 4.98 Å². The van der Waals surface area contributed by atoms with Crippen molar-refractivity contribution in [3.63, 3.8) is 0 Å². The van der Waals surface area contributed by atoms with E-state index in [-0.39, 0.29) is 0 Å². The van der Waals surface area contributed by atoms with Gasteiger partial charge in [0.05, 0.1) is 10.4 Å². The Bertz CT molecular complexity index is 569. The third-order valence-electron chi connectivity index (χ3n) is 1.95. The number of carbonyl (C=O) groups is 2. The fourth-order valence-electron chi connectivity index (χ4n) is 1.19. The number of benzene rings is 1. The van der Waals surface area contributed by atoms with Gasteiger partial charge in [0.15, 0.2) is 5.13 Å². The molecule has 2 rings (SSSR count). The molecule has 5 nitrogen and oxygen atoms in total. The SMILES string of the molecule is O=C(Nc1ccccc1)C(=O)Nc1ncc(S)s1. The van der Waals surface area contributed by atoms with Crippen molar-refractivity contribution in [2.24, 2.45) is 0 Å². The average Bonchev–Trinajstić information content (AvgIpc) is 2.76. The highest BCUT2D eigenvalue weighted by Crippen LogP contribution is 2.20. The maximum absolute atomic E-state index is 11.6. The van der Waals surface area contributed by atoms with Crippen molar-refractivity contribution in [1.29, 1.82) is 0 Å². The van der Waals surface area contributed by atoms with Gasteiger partial charge in [0.1, 0.15) is 0 Å². The maximum Gasteiger partial charge on any atom is 0.315 e. The molecule has 18 heavy (non-hydrogen) atoms. The van der Waals surface area contributed by atoms with E-state index in [0.29, 0.717) is 15.0 Å². The van der Waals surface area contributed by atoms with Gasteiger partial charge in [-0.3, -0.25) is 14.9 Å². The van der Waals surface area contributed by atoms with Gasteiger partial charge in [0.2, 0.25) is 0 Å². The molecule has 0 aliphatic carbocycles. The number of carbonyl (C=O) groups excluding carboxylic acids is 2. The van der Waals surface area contributed by atoms with Gasteiger partial charge in [-0.05, 0) is 12.1 Å². The van der Waals surface area contributed by atoms with E-state index in [1.807, 2.05) is 6.07 Å². The first-order valence-corrected chi connectivity index (χ1v) is 6.23. The quantitative estimate of drug-likeness (QED) is 0.581. The van der Waals surface area contributed by atoms with Gasteiger partial charge in [-0.2, -0.15) is 0 Å². The Morgan fingerprint density at radius 2 is 1.78 bits per heavy atom. The molecule has 0 radical (unpaired) electrons. The van der Waals surface area contributed by atoms with Crippen LogP contribution in [0.15, 0.2) is 40.7 Å². The lowest BCUT2D eigenvalue weighted by Crippen LogP contribution is -2.28. The van der Waals surface area contributed by atoms with Crippen LogP contribution >= 0.6 is 24.0 Å². The zero-order valence-corrected chi connectivity index (χ0v) is 10.8. The highest BCUT2D eigenvalue weighted by Gasteiger charge is 2.15. The monoisotopic (exact) mass is 279 g/mol. The number of thiazole rings is 1. The van der Waals surface area contributed by atoms with E-state index in [1.54, 1.807) is 24.3 Å². The normalized spacial score (nSPS) is 9.83. The van der Waals surface area contributed by atoms with Crippen molar-refractivity contribution >= 4 is 46.6 Å². The molecule has 0 aliphatic heterocycles. The molecule has 0 unspecified atom stereocenters. The summed E-state index contributed by atoms with van der Waals surface area (Å²) in [5, 5.41) is 5.21. The van der Waals surface area contributed by atoms with Gasteiger partial charge >= 0.3 is 11.8 Å². The Balaban J connectivity index is 1.95. The summed E-state index contributed by atoms with van der Waals surface area (Å²) in [5.74, 6) is -1.50. The minimum atomic E-state index is -0.762. The number of nitrogens with zero attached hydrogens (tertiary/aromatic N) is 1. The Hall–Kier alpha value is -1.86. The minimum Gasteiger partial charge on any atom is -0.318 e. The third kappa shape index (κ3) is 3.31. The zero-order valence-electron chi connectivity index (χ0n) is 9.08. The molecule has 2 amide bonds. The van der Waals surface area contributed by atoms with Gasteiger partial charge in [0, 0.05) is 5.69 Å². The topological polar surface area (TPSA) is 71.1 Å². The van der Waals surface area contributed by atoms with E-state index < -0.39 is 11.8 Å². The summed E-state index contributed by atoms with van der Waals surface area (Å²) in [5.41, 5.74) is 0.562. The molecule has 1 aromatic heterocycles. The molecule has 0 bridgehead atoms. The summed E-state index contributed by atoms with van der Waals surface area (Å²) >= 11 is 5.24.